The van der Waals surface area contributed by atoms with Crippen LogP contribution in [0.1, 0.15) is 5.56 Å². The molecule has 2 aromatic rings. The minimum Gasteiger partial charge on any atom is -0.405 e. The first-order valence-corrected chi connectivity index (χ1v) is 6.29. The zero-order chi connectivity index (χ0) is 15.5. The molecule has 21 heavy (non-hydrogen) atoms. The molecule has 6 heteroatoms. The number of hydrogen-bond acceptors (Lipinski definition) is 2. The lowest BCUT2D eigenvalue weighted by Crippen LogP contribution is -2.17. The SMILES string of the molecule is N#CCc1c(Cl)cccc1-c1ccccc1OC(F)(F)F. The molecule has 0 bridgehead atoms. The number of ether oxygens (including phenoxy) is 1. The molecular formula is C15H9ClF3NO. The lowest BCUT2D eigenvalue weighted by atomic mass is 9.97. The van der Waals surface area contributed by atoms with E-state index in [1.54, 1.807) is 24.3 Å². The standard InChI is InChI=1S/C15H9ClF3NO/c16-13-6-3-5-10(11(13)8-9-20)12-4-1-2-7-14(12)21-15(17,18)19/h1-7H,8H2. The van der Waals surface area contributed by atoms with Gasteiger partial charge < -0.3 is 4.74 Å². The molecular weight excluding hydrogens is 303 g/mol. The molecule has 2 aromatic carbocycles. The summed E-state index contributed by atoms with van der Waals surface area (Å²) >= 11 is 6.03. The summed E-state index contributed by atoms with van der Waals surface area (Å²) in [5.41, 5.74) is 1.16. The number of alkyl halides is 3. The van der Waals surface area contributed by atoms with Crippen LogP contribution in [0.3, 0.4) is 0 Å². The van der Waals surface area contributed by atoms with Crippen LogP contribution in [0.15, 0.2) is 42.5 Å². The van der Waals surface area contributed by atoms with Crippen LogP contribution in [0.2, 0.25) is 5.02 Å². The summed E-state index contributed by atoms with van der Waals surface area (Å²) in [6.07, 6.45) is -4.79. The molecule has 0 saturated heterocycles. The Hall–Kier alpha value is -2.19. The van der Waals surface area contributed by atoms with E-state index in [4.69, 9.17) is 16.9 Å². The van der Waals surface area contributed by atoms with Gasteiger partial charge in [0.05, 0.1) is 12.5 Å². The molecule has 0 amide bonds. The van der Waals surface area contributed by atoms with Gasteiger partial charge in [-0.1, -0.05) is 41.9 Å². The molecule has 0 aliphatic heterocycles. The Morgan fingerprint density at radius 3 is 2.38 bits per heavy atom. The van der Waals surface area contributed by atoms with E-state index in [9.17, 15) is 13.2 Å². The molecule has 0 heterocycles. The van der Waals surface area contributed by atoms with Crippen molar-refractivity contribution in [2.24, 2.45) is 0 Å². The van der Waals surface area contributed by atoms with Crippen molar-refractivity contribution in [3.05, 3.63) is 53.1 Å². The lowest BCUT2D eigenvalue weighted by molar-refractivity contribution is -0.274. The zero-order valence-electron chi connectivity index (χ0n) is 10.6. The van der Waals surface area contributed by atoms with Crippen molar-refractivity contribution in [3.8, 4) is 22.9 Å². The maximum atomic E-state index is 12.5. The van der Waals surface area contributed by atoms with Gasteiger partial charge in [0.25, 0.3) is 0 Å². The first-order chi connectivity index (χ1) is 9.92. The van der Waals surface area contributed by atoms with Gasteiger partial charge >= 0.3 is 6.36 Å². The Morgan fingerprint density at radius 2 is 1.71 bits per heavy atom. The van der Waals surface area contributed by atoms with Gasteiger partial charge in [-0.3, -0.25) is 0 Å². The van der Waals surface area contributed by atoms with Crippen molar-refractivity contribution in [1.29, 1.82) is 5.26 Å². The Labute approximate surface area is 124 Å². The van der Waals surface area contributed by atoms with E-state index in [0.717, 1.165) is 0 Å². The average molecular weight is 312 g/mol. The molecule has 0 aromatic heterocycles. The van der Waals surface area contributed by atoms with Gasteiger partial charge in [-0.2, -0.15) is 5.26 Å². The fourth-order valence-electron chi connectivity index (χ4n) is 1.97. The molecule has 0 aliphatic carbocycles. The molecule has 2 rings (SSSR count). The van der Waals surface area contributed by atoms with E-state index in [1.807, 2.05) is 6.07 Å². The predicted octanol–water partition coefficient (Wildman–Crippen LogP) is 4.97. The molecule has 0 fully saturated rings. The van der Waals surface area contributed by atoms with E-state index in [2.05, 4.69) is 4.74 Å². The van der Waals surface area contributed by atoms with E-state index >= 15 is 0 Å². The fraction of sp³-hybridized carbons (Fsp3) is 0.133. The van der Waals surface area contributed by atoms with Gasteiger partial charge in [-0.05, 0) is 23.3 Å². The number of nitrogens with zero attached hydrogens (tertiary/aromatic N) is 1. The third-order valence-electron chi connectivity index (χ3n) is 2.78. The third kappa shape index (κ3) is 3.67. The summed E-state index contributed by atoms with van der Waals surface area (Å²) in [6, 6.07) is 12.5. The van der Waals surface area contributed by atoms with Crippen molar-refractivity contribution >= 4 is 11.6 Å². The second kappa shape index (κ2) is 6.06. The van der Waals surface area contributed by atoms with Gasteiger partial charge in [-0.25, -0.2) is 0 Å². The van der Waals surface area contributed by atoms with Gasteiger partial charge in [0.1, 0.15) is 5.75 Å². The summed E-state index contributed by atoms with van der Waals surface area (Å²) in [5.74, 6) is -0.327. The van der Waals surface area contributed by atoms with Crippen molar-refractivity contribution < 1.29 is 17.9 Å². The maximum Gasteiger partial charge on any atom is 0.573 e. The Bertz CT molecular complexity index is 692. The number of para-hydroxylation sites is 1. The number of halogens is 4. The summed E-state index contributed by atoms with van der Waals surface area (Å²) in [5, 5.41) is 9.18. The molecule has 0 N–H and O–H groups in total. The predicted molar refractivity (Wildman–Crippen MR) is 72.9 cm³/mol. The largest absolute Gasteiger partial charge is 0.573 e. The highest BCUT2D eigenvalue weighted by molar-refractivity contribution is 6.31. The van der Waals surface area contributed by atoms with Gasteiger partial charge in [0.15, 0.2) is 0 Å². The topological polar surface area (TPSA) is 33.0 Å². The molecule has 0 spiro atoms. The van der Waals surface area contributed by atoms with E-state index in [1.165, 1.54) is 18.2 Å². The van der Waals surface area contributed by atoms with Gasteiger partial charge in [0.2, 0.25) is 0 Å². The normalized spacial score (nSPS) is 11.0. The zero-order valence-corrected chi connectivity index (χ0v) is 11.4. The van der Waals surface area contributed by atoms with Crippen LogP contribution >= 0.6 is 11.6 Å². The van der Waals surface area contributed by atoms with Crippen molar-refractivity contribution in [1.82, 2.24) is 0 Å². The minimum absolute atomic E-state index is 0.00460. The second-order valence-corrected chi connectivity index (χ2v) is 4.55. The second-order valence-electron chi connectivity index (χ2n) is 4.14. The first kappa shape index (κ1) is 15.2. The van der Waals surface area contributed by atoms with E-state index < -0.39 is 6.36 Å². The fourth-order valence-corrected chi connectivity index (χ4v) is 2.21. The Morgan fingerprint density at radius 1 is 1.05 bits per heavy atom. The molecule has 0 unspecified atom stereocenters. The van der Waals surface area contributed by atoms with Crippen LogP contribution in [0.25, 0.3) is 11.1 Å². The summed E-state index contributed by atoms with van der Waals surface area (Å²) in [7, 11) is 0. The Kier molecular flexibility index (Phi) is 4.39. The van der Waals surface area contributed by atoms with Gasteiger partial charge in [-0.15, -0.1) is 13.2 Å². The molecule has 0 aliphatic rings. The average Bonchev–Trinajstić information content (AvgIpc) is 2.40. The highest BCUT2D eigenvalue weighted by Crippen LogP contribution is 2.37. The van der Waals surface area contributed by atoms with Crippen molar-refractivity contribution in [2.45, 2.75) is 12.8 Å². The number of nitriles is 1. The summed E-state index contributed by atoms with van der Waals surface area (Å²) in [4.78, 5) is 0. The third-order valence-corrected chi connectivity index (χ3v) is 3.13. The monoisotopic (exact) mass is 311 g/mol. The van der Waals surface area contributed by atoms with Crippen LogP contribution in [-0.2, 0) is 6.42 Å². The van der Waals surface area contributed by atoms with Crippen LogP contribution < -0.4 is 4.74 Å². The smallest absolute Gasteiger partial charge is 0.405 e. The molecule has 0 radical (unpaired) electrons. The van der Waals surface area contributed by atoms with Gasteiger partial charge in [0, 0.05) is 10.6 Å². The van der Waals surface area contributed by atoms with Crippen molar-refractivity contribution in [2.75, 3.05) is 0 Å². The van der Waals surface area contributed by atoms with Crippen LogP contribution in [0.5, 0.6) is 5.75 Å². The first-order valence-electron chi connectivity index (χ1n) is 5.92. The number of hydrogen-bond donors (Lipinski definition) is 0. The molecule has 2 nitrogen and oxygen atoms in total. The summed E-state index contributed by atoms with van der Waals surface area (Å²) < 4.78 is 41.4. The van der Waals surface area contributed by atoms with Crippen LogP contribution in [0, 0.1) is 11.3 Å². The lowest BCUT2D eigenvalue weighted by Gasteiger charge is -2.15. The van der Waals surface area contributed by atoms with Crippen molar-refractivity contribution in [3.63, 3.8) is 0 Å². The highest BCUT2D eigenvalue weighted by atomic mass is 35.5. The number of rotatable bonds is 3. The Balaban J connectivity index is 2.58. The number of benzene rings is 2. The molecule has 0 atom stereocenters. The van der Waals surface area contributed by atoms with E-state index in [0.29, 0.717) is 16.1 Å². The van der Waals surface area contributed by atoms with E-state index in [-0.39, 0.29) is 17.7 Å². The molecule has 108 valence electrons. The highest BCUT2D eigenvalue weighted by Gasteiger charge is 2.32. The van der Waals surface area contributed by atoms with Crippen LogP contribution in [0.4, 0.5) is 13.2 Å². The minimum atomic E-state index is -4.79. The van der Waals surface area contributed by atoms with Crippen LogP contribution in [-0.4, -0.2) is 6.36 Å². The maximum absolute atomic E-state index is 12.5. The molecule has 0 saturated carbocycles. The summed E-state index contributed by atoms with van der Waals surface area (Å²) in [6.45, 7) is 0. The quantitative estimate of drug-likeness (QED) is 0.801.